The molecule has 14 heavy (non-hydrogen) atoms. The van der Waals surface area contributed by atoms with E-state index >= 15 is 0 Å². The molecular formula is C10H16ClNO2. The van der Waals surface area contributed by atoms with Gasteiger partial charge in [0.15, 0.2) is 0 Å². The quantitative estimate of drug-likeness (QED) is 0.619. The topological polar surface area (TPSA) is 29.5 Å². The summed E-state index contributed by atoms with van der Waals surface area (Å²) in [7, 11) is 0. The average Bonchev–Trinajstić information content (AvgIpc) is 2.71. The number of halogens is 1. The van der Waals surface area contributed by atoms with Crippen LogP contribution in [0.25, 0.3) is 0 Å². The van der Waals surface area contributed by atoms with Crippen molar-refractivity contribution in [1.29, 1.82) is 0 Å². The second-order valence-electron chi connectivity index (χ2n) is 4.06. The van der Waals surface area contributed by atoms with E-state index in [0.29, 0.717) is 6.61 Å². The van der Waals surface area contributed by atoms with Crippen LogP contribution in [0.3, 0.4) is 0 Å². The fourth-order valence-electron chi connectivity index (χ4n) is 2.06. The zero-order chi connectivity index (χ0) is 9.97. The predicted octanol–water partition coefficient (Wildman–Crippen LogP) is 1.25. The molecule has 0 aromatic heterocycles. The van der Waals surface area contributed by atoms with Gasteiger partial charge in [0.1, 0.15) is 0 Å². The van der Waals surface area contributed by atoms with Gasteiger partial charge in [-0.1, -0.05) is 0 Å². The molecule has 80 valence electrons. The summed E-state index contributed by atoms with van der Waals surface area (Å²) in [5.74, 6) is 0.382. The van der Waals surface area contributed by atoms with Crippen molar-refractivity contribution < 1.29 is 9.53 Å². The molecule has 3 nitrogen and oxygen atoms in total. The van der Waals surface area contributed by atoms with Crippen LogP contribution in [-0.4, -0.2) is 42.5 Å². The first-order chi connectivity index (χ1) is 6.77. The fourth-order valence-corrected chi connectivity index (χ4v) is 2.25. The predicted molar refractivity (Wildman–Crippen MR) is 54.4 cm³/mol. The molecule has 0 aromatic carbocycles. The van der Waals surface area contributed by atoms with E-state index in [1.807, 2.05) is 4.90 Å². The minimum atomic E-state index is 0.113. The zero-order valence-electron chi connectivity index (χ0n) is 8.25. The van der Waals surface area contributed by atoms with Gasteiger partial charge in [-0.05, 0) is 19.3 Å². The van der Waals surface area contributed by atoms with E-state index in [1.54, 1.807) is 0 Å². The van der Waals surface area contributed by atoms with Crippen molar-refractivity contribution in [2.75, 3.05) is 26.3 Å². The van der Waals surface area contributed by atoms with Gasteiger partial charge in [-0.2, -0.15) is 0 Å². The summed E-state index contributed by atoms with van der Waals surface area (Å²) in [6.07, 6.45) is 2.75. The number of alkyl halides is 1. The Balaban J connectivity index is 1.85. The Kier molecular flexibility index (Phi) is 3.29. The SMILES string of the molecule is O=C(C1CCOC1)N1CCC(Cl)CC1. The van der Waals surface area contributed by atoms with Gasteiger partial charge in [0.2, 0.25) is 5.91 Å². The maximum absolute atomic E-state index is 11.9. The number of rotatable bonds is 1. The number of amides is 1. The molecule has 0 radical (unpaired) electrons. The summed E-state index contributed by atoms with van der Waals surface area (Å²) in [4.78, 5) is 13.9. The van der Waals surface area contributed by atoms with Crippen molar-refractivity contribution in [2.24, 2.45) is 5.92 Å². The first-order valence-electron chi connectivity index (χ1n) is 5.28. The van der Waals surface area contributed by atoms with Crippen molar-refractivity contribution in [3.05, 3.63) is 0 Å². The van der Waals surface area contributed by atoms with Crippen molar-refractivity contribution in [3.8, 4) is 0 Å². The molecule has 1 unspecified atom stereocenters. The Morgan fingerprint density at radius 2 is 2.00 bits per heavy atom. The Bertz CT molecular complexity index is 208. The highest BCUT2D eigenvalue weighted by atomic mass is 35.5. The lowest BCUT2D eigenvalue weighted by Crippen LogP contribution is -2.42. The van der Waals surface area contributed by atoms with E-state index < -0.39 is 0 Å². The third-order valence-corrected chi connectivity index (χ3v) is 3.45. The monoisotopic (exact) mass is 217 g/mol. The van der Waals surface area contributed by atoms with Crippen LogP contribution in [0.2, 0.25) is 0 Å². The van der Waals surface area contributed by atoms with E-state index in [2.05, 4.69) is 0 Å². The van der Waals surface area contributed by atoms with Crippen LogP contribution >= 0.6 is 11.6 Å². The molecule has 2 saturated heterocycles. The van der Waals surface area contributed by atoms with Gasteiger partial charge in [0.05, 0.1) is 12.5 Å². The van der Waals surface area contributed by atoms with E-state index in [1.165, 1.54) is 0 Å². The van der Waals surface area contributed by atoms with Gasteiger partial charge in [0, 0.05) is 25.1 Å². The van der Waals surface area contributed by atoms with Crippen LogP contribution in [0.1, 0.15) is 19.3 Å². The minimum absolute atomic E-state index is 0.113. The Morgan fingerprint density at radius 1 is 1.29 bits per heavy atom. The maximum Gasteiger partial charge on any atom is 0.228 e. The fraction of sp³-hybridized carbons (Fsp3) is 0.900. The maximum atomic E-state index is 11.9. The van der Waals surface area contributed by atoms with Gasteiger partial charge >= 0.3 is 0 Å². The number of carbonyl (C=O) groups excluding carboxylic acids is 1. The largest absolute Gasteiger partial charge is 0.381 e. The van der Waals surface area contributed by atoms with E-state index in [0.717, 1.165) is 39.0 Å². The normalized spacial score (nSPS) is 29.5. The van der Waals surface area contributed by atoms with Crippen LogP contribution in [0.5, 0.6) is 0 Å². The van der Waals surface area contributed by atoms with Crippen LogP contribution < -0.4 is 0 Å². The molecule has 1 atom stereocenters. The lowest BCUT2D eigenvalue weighted by molar-refractivity contribution is -0.136. The molecule has 0 spiro atoms. The summed E-state index contributed by atoms with van der Waals surface area (Å²) in [5, 5.41) is 0.263. The Morgan fingerprint density at radius 3 is 2.57 bits per heavy atom. The summed E-state index contributed by atoms with van der Waals surface area (Å²) < 4.78 is 5.22. The second kappa shape index (κ2) is 4.49. The highest BCUT2D eigenvalue weighted by molar-refractivity contribution is 6.20. The Hall–Kier alpha value is -0.280. The molecule has 2 fully saturated rings. The molecule has 2 aliphatic rings. The lowest BCUT2D eigenvalue weighted by atomic mass is 10.0. The number of carbonyl (C=O) groups is 1. The van der Waals surface area contributed by atoms with Gasteiger partial charge in [-0.3, -0.25) is 4.79 Å². The number of piperidine rings is 1. The molecule has 4 heteroatoms. The highest BCUT2D eigenvalue weighted by Crippen LogP contribution is 2.20. The van der Waals surface area contributed by atoms with E-state index in [4.69, 9.17) is 16.3 Å². The van der Waals surface area contributed by atoms with Crippen LogP contribution in [0.15, 0.2) is 0 Å². The van der Waals surface area contributed by atoms with E-state index in [9.17, 15) is 4.79 Å². The van der Waals surface area contributed by atoms with Crippen LogP contribution in [0, 0.1) is 5.92 Å². The number of likely N-dealkylation sites (tertiary alicyclic amines) is 1. The number of ether oxygens (including phenoxy) is 1. The van der Waals surface area contributed by atoms with Gasteiger partial charge < -0.3 is 9.64 Å². The molecule has 2 rings (SSSR count). The molecule has 0 N–H and O–H groups in total. The number of hydrogen-bond acceptors (Lipinski definition) is 2. The standard InChI is InChI=1S/C10H16ClNO2/c11-9-1-4-12(5-2-9)10(13)8-3-6-14-7-8/h8-9H,1-7H2. The average molecular weight is 218 g/mol. The second-order valence-corrected chi connectivity index (χ2v) is 4.68. The summed E-state index contributed by atoms with van der Waals surface area (Å²) in [6, 6.07) is 0. The first kappa shape index (κ1) is 10.2. The molecule has 0 bridgehead atoms. The van der Waals surface area contributed by atoms with Gasteiger partial charge in [-0.25, -0.2) is 0 Å². The van der Waals surface area contributed by atoms with Crippen LogP contribution in [-0.2, 0) is 9.53 Å². The van der Waals surface area contributed by atoms with Crippen molar-refractivity contribution in [2.45, 2.75) is 24.6 Å². The third kappa shape index (κ3) is 2.20. The Labute approximate surface area is 89.4 Å². The lowest BCUT2D eigenvalue weighted by Gasteiger charge is -2.30. The van der Waals surface area contributed by atoms with Crippen molar-refractivity contribution >= 4 is 17.5 Å². The highest BCUT2D eigenvalue weighted by Gasteiger charge is 2.29. The first-order valence-corrected chi connectivity index (χ1v) is 5.71. The van der Waals surface area contributed by atoms with Crippen molar-refractivity contribution in [3.63, 3.8) is 0 Å². The zero-order valence-corrected chi connectivity index (χ0v) is 9.00. The van der Waals surface area contributed by atoms with Crippen LogP contribution in [0.4, 0.5) is 0 Å². The van der Waals surface area contributed by atoms with Gasteiger partial charge in [0.25, 0.3) is 0 Å². The van der Waals surface area contributed by atoms with Gasteiger partial charge in [-0.15, -0.1) is 11.6 Å². The summed E-state index contributed by atoms with van der Waals surface area (Å²) in [5.41, 5.74) is 0. The molecule has 0 aromatic rings. The molecule has 2 heterocycles. The number of hydrogen-bond donors (Lipinski definition) is 0. The third-order valence-electron chi connectivity index (χ3n) is 3.02. The summed E-state index contributed by atoms with van der Waals surface area (Å²) in [6.45, 7) is 3.00. The molecule has 1 amide bonds. The molecule has 0 saturated carbocycles. The van der Waals surface area contributed by atoms with E-state index in [-0.39, 0.29) is 17.2 Å². The van der Waals surface area contributed by atoms with Crippen molar-refractivity contribution in [1.82, 2.24) is 4.90 Å². The summed E-state index contributed by atoms with van der Waals surface area (Å²) >= 11 is 5.98. The smallest absolute Gasteiger partial charge is 0.228 e. The minimum Gasteiger partial charge on any atom is -0.381 e. The number of nitrogens with zero attached hydrogens (tertiary/aromatic N) is 1. The molecule has 2 aliphatic heterocycles. The molecule has 0 aliphatic carbocycles. The molecular weight excluding hydrogens is 202 g/mol.